The summed E-state index contributed by atoms with van der Waals surface area (Å²) in [7, 11) is 0. The second-order valence-corrected chi connectivity index (χ2v) is 7.77. The number of fused-ring (bicyclic) bond motifs is 2. The number of nitrogens with zero attached hydrogens (tertiary/aromatic N) is 6. The molecule has 4 aromatic heterocycles. The first-order valence-electron chi connectivity index (χ1n) is 9.47. The van der Waals surface area contributed by atoms with Gasteiger partial charge >= 0.3 is 0 Å². The fourth-order valence-corrected chi connectivity index (χ4v) is 3.30. The van der Waals surface area contributed by atoms with E-state index >= 15 is 0 Å². The molecule has 0 aliphatic rings. The highest BCUT2D eigenvalue weighted by atomic mass is 19.3. The molecule has 0 bridgehead atoms. The van der Waals surface area contributed by atoms with Crippen molar-refractivity contribution < 1.29 is 18.3 Å². The quantitative estimate of drug-likeness (QED) is 0.426. The second kappa shape index (κ2) is 7.29. The summed E-state index contributed by atoms with van der Waals surface area (Å²) < 4.78 is 42.3. The van der Waals surface area contributed by atoms with Crippen molar-refractivity contribution in [2.24, 2.45) is 0 Å². The number of nitrogens with one attached hydrogen (secondary N) is 1. The zero-order chi connectivity index (χ0) is 22.5. The Hall–Kier alpha value is -3.57. The van der Waals surface area contributed by atoms with Crippen LogP contribution in [0.5, 0.6) is 5.88 Å². The van der Waals surface area contributed by atoms with E-state index in [1.807, 2.05) is 0 Å². The molecule has 4 N–H and O–H groups in total. The van der Waals surface area contributed by atoms with Crippen molar-refractivity contribution in [2.75, 3.05) is 17.6 Å². The van der Waals surface area contributed by atoms with E-state index in [-0.39, 0.29) is 35.4 Å². The van der Waals surface area contributed by atoms with Crippen LogP contribution in [0.15, 0.2) is 18.2 Å². The molecule has 4 aromatic rings. The molecule has 0 amide bonds. The number of pyridine rings is 1. The molecular weight excluding hydrogens is 413 g/mol. The fraction of sp³-hybridized carbons (Fsp3) is 0.368. The summed E-state index contributed by atoms with van der Waals surface area (Å²) in [6.07, 6.45) is -2.56. The smallest absolute Gasteiger partial charge is 0.256 e. The second-order valence-electron chi connectivity index (χ2n) is 7.77. The van der Waals surface area contributed by atoms with E-state index in [1.54, 1.807) is 19.1 Å². The summed E-state index contributed by atoms with van der Waals surface area (Å²) >= 11 is 0. The van der Waals surface area contributed by atoms with Gasteiger partial charge in [0.15, 0.2) is 11.5 Å². The lowest BCUT2D eigenvalue weighted by Crippen LogP contribution is -2.25. The maximum absolute atomic E-state index is 13.8. The number of halogens is 3. The zero-order valence-electron chi connectivity index (χ0n) is 17.1. The van der Waals surface area contributed by atoms with E-state index in [0.29, 0.717) is 22.6 Å². The predicted octanol–water partition coefficient (Wildman–Crippen LogP) is 3.16. The summed E-state index contributed by atoms with van der Waals surface area (Å²) in [6, 6.07) is 4.70. The fourth-order valence-electron chi connectivity index (χ4n) is 3.30. The molecule has 0 saturated carbocycles. The molecule has 0 radical (unpaired) electrons. The van der Waals surface area contributed by atoms with Crippen LogP contribution in [-0.4, -0.2) is 52.9 Å². The number of aryl methyl sites for hydroxylation is 1. The van der Waals surface area contributed by atoms with Gasteiger partial charge in [-0.2, -0.15) is 9.50 Å². The lowest BCUT2D eigenvalue weighted by atomic mass is 10.2. The molecule has 31 heavy (non-hydrogen) atoms. The van der Waals surface area contributed by atoms with Gasteiger partial charge in [-0.25, -0.2) is 23.1 Å². The lowest BCUT2D eigenvalue weighted by Gasteiger charge is -2.15. The number of hydrogen-bond donors (Lipinski definition) is 3. The Bertz CT molecular complexity index is 1280. The number of nitrogens with two attached hydrogens (primary N) is 1. The molecule has 0 spiro atoms. The Morgan fingerprint density at radius 1 is 1.23 bits per heavy atom. The van der Waals surface area contributed by atoms with Crippen LogP contribution in [0.25, 0.3) is 27.9 Å². The molecule has 164 valence electrons. The van der Waals surface area contributed by atoms with E-state index in [2.05, 4.69) is 25.4 Å². The highest BCUT2D eigenvalue weighted by Crippen LogP contribution is 2.33. The Morgan fingerprint density at radius 3 is 2.65 bits per heavy atom. The van der Waals surface area contributed by atoms with Crippen LogP contribution in [0.3, 0.4) is 0 Å². The van der Waals surface area contributed by atoms with Crippen LogP contribution in [0, 0.1) is 6.92 Å². The van der Waals surface area contributed by atoms with Gasteiger partial charge in [-0.15, -0.1) is 5.10 Å². The minimum atomic E-state index is -2.56. The minimum Gasteiger partial charge on any atom is -0.493 e. The topological polar surface area (TPSA) is 119 Å². The lowest BCUT2D eigenvalue weighted by molar-refractivity contribution is 0.127. The van der Waals surface area contributed by atoms with E-state index in [4.69, 9.17) is 5.73 Å². The van der Waals surface area contributed by atoms with Gasteiger partial charge in [-0.3, -0.25) is 0 Å². The normalized spacial score (nSPS) is 12.4. The summed E-state index contributed by atoms with van der Waals surface area (Å²) in [5.41, 5.74) is 6.43. The number of hydrogen-bond acceptors (Lipinski definition) is 7. The van der Waals surface area contributed by atoms with Crippen LogP contribution in [0.2, 0.25) is 0 Å². The maximum atomic E-state index is 13.8. The molecule has 0 fully saturated rings. The predicted molar refractivity (Wildman–Crippen MR) is 110 cm³/mol. The third-order valence-corrected chi connectivity index (χ3v) is 4.67. The van der Waals surface area contributed by atoms with Crippen LogP contribution >= 0.6 is 0 Å². The summed E-state index contributed by atoms with van der Waals surface area (Å²) in [5.74, 6) is 0.255. The van der Waals surface area contributed by atoms with Crippen molar-refractivity contribution in [1.29, 1.82) is 0 Å². The number of aromatic nitrogens is 6. The van der Waals surface area contributed by atoms with E-state index in [0.717, 1.165) is 0 Å². The van der Waals surface area contributed by atoms with Crippen molar-refractivity contribution >= 4 is 28.4 Å². The molecular formula is C19H21F3N8O. The number of nitrogen functional groups attached to an aromatic ring is 1. The zero-order valence-corrected chi connectivity index (χ0v) is 17.1. The van der Waals surface area contributed by atoms with Crippen LogP contribution in [0.1, 0.15) is 19.7 Å². The number of anilines is 2. The standard InChI is InChI=1S/C19H21F3N8O/c1-9-25-12-5-4-11(26-17(12)29(9)7-13(20)21)10-6-14(31)30-15(10)16(23)27-18(28-30)24-8-19(2,3)22/h4-6,13,31H,7-8H2,1-3H3,(H3,23,24,27,28). The SMILES string of the molecule is Cc1nc2ccc(-c3cc(O)n4nc(NCC(C)(C)F)nc(N)c34)nc2n1CC(F)F. The molecule has 9 nitrogen and oxygen atoms in total. The van der Waals surface area contributed by atoms with Crippen molar-refractivity contribution in [1.82, 2.24) is 29.1 Å². The first-order valence-corrected chi connectivity index (χ1v) is 9.47. The van der Waals surface area contributed by atoms with Crippen LogP contribution < -0.4 is 11.1 Å². The van der Waals surface area contributed by atoms with Gasteiger partial charge in [0.2, 0.25) is 11.8 Å². The van der Waals surface area contributed by atoms with Gasteiger partial charge in [0.05, 0.1) is 18.8 Å². The Labute approximate surface area is 174 Å². The van der Waals surface area contributed by atoms with Crippen LogP contribution in [0.4, 0.5) is 24.9 Å². The summed E-state index contributed by atoms with van der Waals surface area (Å²) in [6.45, 7) is 3.83. The largest absolute Gasteiger partial charge is 0.493 e. The van der Waals surface area contributed by atoms with Crippen molar-refractivity contribution in [2.45, 2.75) is 39.4 Å². The van der Waals surface area contributed by atoms with Gasteiger partial charge in [0.25, 0.3) is 6.43 Å². The average Bonchev–Trinajstić information content (AvgIpc) is 3.16. The van der Waals surface area contributed by atoms with E-state index in [1.165, 1.54) is 29.0 Å². The van der Waals surface area contributed by atoms with Gasteiger partial charge < -0.3 is 20.7 Å². The van der Waals surface area contributed by atoms with Gasteiger partial charge in [0, 0.05) is 11.6 Å². The first kappa shape index (κ1) is 20.7. The highest BCUT2D eigenvalue weighted by molar-refractivity contribution is 5.89. The van der Waals surface area contributed by atoms with Gasteiger partial charge in [-0.1, -0.05) is 0 Å². The van der Waals surface area contributed by atoms with Crippen molar-refractivity contribution in [3.05, 3.63) is 24.0 Å². The summed E-state index contributed by atoms with van der Waals surface area (Å²) in [5, 5.41) is 17.3. The molecule has 0 aromatic carbocycles. The first-order chi connectivity index (χ1) is 14.5. The van der Waals surface area contributed by atoms with Crippen molar-refractivity contribution in [3.8, 4) is 17.1 Å². The van der Waals surface area contributed by atoms with Crippen LogP contribution in [-0.2, 0) is 6.54 Å². The maximum Gasteiger partial charge on any atom is 0.256 e. The monoisotopic (exact) mass is 434 g/mol. The number of aromatic hydroxyl groups is 1. The van der Waals surface area contributed by atoms with Crippen molar-refractivity contribution in [3.63, 3.8) is 0 Å². The van der Waals surface area contributed by atoms with E-state index < -0.39 is 18.6 Å². The summed E-state index contributed by atoms with van der Waals surface area (Å²) in [4.78, 5) is 12.9. The number of rotatable bonds is 6. The molecule has 0 saturated heterocycles. The van der Waals surface area contributed by atoms with Gasteiger partial charge in [0.1, 0.15) is 22.5 Å². The molecule has 0 atom stereocenters. The van der Waals surface area contributed by atoms with Gasteiger partial charge in [-0.05, 0) is 32.9 Å². The molecule has 4 rings (SSSR count). The molecule has 12 heteroatoms. The molecule has 0 aliphatic heterocycles. The minimum absolute atomic E-state index is 0.0311. The average molecular weight is 434 g/mol. The molecule has 4 heterocycles. The third kappa shape index (κ3) is 3.92. The van der Waals surface area contributed by atoms with E-state index in [9.17, 15) is 18.3 Å². The number of imidazole rings is 1. The Morgan fingerprint density at radius 2 is 1.97 bits per heavy atom. The Balaban J connectivity index is 1.82. The Kier molecular flexibility index (Phi) is 4.86. The highest BCUT2D eigenvalue weighted by Gasteiger charge is 2.21. The molecule has 0 aliphatic carbocycles. The third-order valence-electron chi connectivity index (χ3n) is 4.67. The number of alkyl halides is 3. The molecule has 0 unspecified atom stereocenters.